The van der Waals surface area contributed by atoms with Gasteiger partial charge in [-0.1, -0.05) is 6.07 Å². The Bertz CT molecular complexity index is 518. The molecule has 17 heavy (non-hydrogen) atoms. The molecule has 6 heteroatoms. The molecule has 0 atom stereocenters. The first kappa shape index (κ1) is 11.6. The summed E-state index contributed by atoms with van der Waals surface area (Å²) in [5.74, 6) is 0.994. The average Bonchev–Trinajstić information content (AvgIpc) is 2.29. The highest BCUT2D eigenvalue weighted by molar-refractivity contribution is 6.28. The van der Waals surface area contributed by atoms with Crippen molar-refractivity contribution in [3.8, 4) is 11.6 Å². The van der Waals surface area contributed by atoms with Gasteiger partial charge in [0.25, 0.3) is 0 Å². The normalized spacial score (nSPS) is 10.1. The Morgan fingerprint density at radius 3 is 2.82 bits per heavy atom. The van der Waals surface area contributed by atoms with Gasteiger partial charge in [-0.15, -0.1) is 5.10 Å². The van der Waals surface area contributed by atoms with Crippen LogP contribution in [0.15, 0.2) is 30.5 Å². The minimum atomic E-state index is 0.0614. The van der Waals surface area contributed by atoms with Gasteiger partial charge in [0.05, 0.1) is 0 Å². The maximum atomic E-state index is 5.62. The van der Waals surface area contributed by atoms with E-state index in [9.17, 15) is 0 Å². The predicted molar refractivity (Wildman–Crippen MR) is 65.7 cm³/mol. The lowest BCUT2D eigenvalue weighted by Gasteiger charge is -2.13. The molecule has 0 aliphatic rings. The fourth-order valence-electron chi connectivity index (χ4n) is 1.26. The molecule has 0 fully saturated rings. The van der Waals surface area contributed by atoms with E-state index in [1.807, 2.05) is 43.3 Å². The number of aromatic nitrogens is 3. The average molecular weight is 251 g/mol. The minimum absolute atomic E-state index is 0.0614. The fraction of sp³-hybridized carbons (Fsp3) is 0.182. The molecule has 0 saturated carbocycles. The zero-order valence-corrected chi connectivity index (χ0v) is 10.2. The first-order chi connectivity index (χ1) is 8.15. The Balaban J connectivity index is 2.21. The third kappa shape index (κ3) is 3.04. The quantitative estimate of drug-likeness (QED) is 0.837. The van der Waals surface area contributed by atoms with E-state index in [4.69, 9.17) is 16.3 Å². The highest BCUT2D eigenvalue weighted by Gasteiger charge is 2.03. The number of hydrogen-bond donors (Lipinski definition) is 0. The van der Waals surface area contributed by atoms with Crippen LogP contribution < -0.4 is 9.64 Å². The van der Waals surface area contributed by atoms with Gasteiger partial charge in [-0.3, -0.25) is 0 Å². The molecule has 2 rings (SSSR count). The molecule has 88 valence electrons. The summed E-state index contributed by atoms with van der Waals surface area (Å²) in [6.07, 6.45) is 1.41. The molecule has 0 radical (unpaired) electrons. The molecule has 0 amide bonds. The summed E-state index contributed by atoms with van der Waals surface area (Å²) < 4.78 is 5.53. The zero-order chi connectivity index (χ0) is 12.3. The summed E-state index contributed by atoms with van der Waals surface area (Å²) in [7, 11) is 3.92. The third-order valence-electron chi connectivity index (χ3n) is 2.07. The van der Waals surface area contributed by atoms with Crippen molar-refractivity contribution >= 4 is 17.3 Å². The van der Waals surface area contributed by atoms with E-state index in [0.29, 0.717) is 11.6 Å². The molecule has 0 N–H and O–H groups in total. The van der Waals surface area contributed by atoms with Crippen LogP contribution in [0.4, 0.5) is 5.69 Å². The van der Waals surface area contributed by atoms with Crippen molar-refractivity contribution < 1.29 is 4.74 Å². The predicted octanol–water partition coefficient (Wildman–Crippen LogP) is 2.38. The Labute approximate surface area is 104 Å². The molecular weight excluding hydrogens is 240 g/mol. The second kappa shape index (κ2) is 4.97. The Kier molecular flexibility index (Phi) is 3.39. The van der Waals surface area contributed by atoms with Gasteiger partial charge >= 0.3 is 0 Å². The Hall–Kier alpha value is -1.88. The van der Waals surface area contributed by atoms with Crippen LogP contribution in [0.25, 0.3) is 0 Å². The van der Waals surface area contributed by atoms with Gasteiger partial charge < -0.3 is 9.64 Å². The van der Waals surface area contributed by atoms with Crippen molar-refractivity contribution in [3.63, 3.8) is 0 Å². The summed E-state index contributed by atoms with van der Waals surface area (Å²) in [6, 6.07) is 7.62. The van der Waals surface area contributed by atoms with E-state index < -0.39 is 0 Å². The summed E-state index contributed by atoms with van der Waals surface area (Å²) in [5.41, 5.74) is 1.04. The van der Waals surface area contributed by atoms with Gasteiger partial charge in [-0.25, -0.2) is 0 Å². The van der Waals surface area contributed by atoms with Crippen LogP contribution in [-0.4, -0.2) is 29.3 Å². The Morgan fingerprint density at radius 1 is 1.29 bits per heavy atom. The monoisotopic (exact) mass is 250 g/mol. The van der Waals surface area contributed by atoms with Gasteiger partial charge in [0.15, 0.2) is 0 Å². The van der Waals surface area contributed by atoms with Crippen LogP contribution in [0, 0.1) is 0 Å². The molecule has 0 saturated heterocycles. The maximum absolute atomic E-state index is 5.62. The van der Waals surface area contributed by atoms with Crippen LogP contribution in [0.3, 0.4) is 0 Å². The first-order valence-electron chi connectivity index (χ1n) is 4.95. The highest BCUT2D eigenvalue weighted by Crippen LogP contribution is 2.23. The molecule has 0 aliphatic carbocycles. The summed E-state index contributed by atoms with van der Waals surface area (Å²) in [4.78, 5) is 5.88. The van der Waals surface area contributed by atoms with Gasteiger partial charge in [0.1, 0.15) is 11.9 Å². The standard InChI is InChI=1S/C11H11ClN4O/c1-16(2)8-4-3-5-9(6-8)17-10-7-13-15-11(12)14-10/h3-7H,1-2H3. The van der Waals surface area contributed by atoms with Crippen molar-refractivity contribution in [3.05, 3.63) is 35.7 Å². The molecule has 2 aromatic rings. The summed E-state index contributed by atoms with van der Waals surface area (Å²) in [6.45, 7) is 0. The van der Waals surface area contributed by atoms with E-state index in [-0.39, 0.29) is 5.28 Å². The molecule has 0 unspecified atom stereocenters. The molecule has 1 aromatic heterocycles. The number of nitrogens with zero attached hydrogens (tertiary/aromatic N) is 4. The van der Waals surface area contributed by atoms with Crippen molar-refractivity contribution in [2.45, 2.75) is 0 Å². The van der Waals surface area contributed by atoms with E-state index in [1.165, 1.54) is 6.20 Å². The van der Waals surface area contributed by atoms with Crippen LogP contribution in [0.1, 0.15) is 0 Å². The third-order valence-corrected chi connectivity index (χ3v) is 2.23. The SMILES string of the molecule is CN(C)c1cccc(Oc2cnnc(Cl)n2)c1. The maximum Gasteiger partial charge on any atom is 0.246 e. The zero-order valence-electron chi connectivity index (χ0n) is 9.46. The summed E-state index contributed by atoms with van der Waals surface area (Å²) in [5, 5.41) is 7.26. The lowest BCUT2D eigenvalue weighted by atomic mass is 10.3. The van der Waals surface area contributed by atoms with E-state index >= 15 is 0 Å². The van der Waals surface area contributed by atoms with Gasteiger partial charge in [-0.05, 0) is 23.7 Å². The largest absolute Gasteiger partial charge is 0.437 e. The van der Waals surface area contributed by atoms with E-state index in [1.54, 1.807) is 0 Å². The minimum Gasteiger partial charge on any atom is -0.437 e. The van der Waals surface area contributed by atoms with Crippen molar-refractivity contribution in [1.82, 2.24) is 15.2 Å². The highest BCUT2D eigenvalue weighted by atomic mass is 35.5. The lowest BCUT2D eigenvalue weighted by molar-refractivity contribution is 0.457. The fourth-order valence-corrected chi connectivity index (χ4v) is 1.39. The molecule has 5 nitrogen and oxygen atoms in total. The number of ether oxygens (including phenoxy) is 1. The van der Waals surface area contributed by atoms with Crippen molar-refractivity contribution in [2.24, 2.45) is 0 Å². The van der Waals surface area contributed by atoms with Gasteiger partial charge in [-0.2, -0.15) is 10.1 Å². The van der Waals surface area contributed by atoms with Gasteiger partial charge in [0.2, 0.25) is 11.2 Å². The Morgan fingerprint density at radius 2 is 2.12 bits per heavy atom. The number of rotatable bonds is 3. The molecule has 1 aromatic carbocycles. The molecule has 1 heterocycles. The molecule has 0 aliphatic heterocycles. The second-order valence-electron chi connectivity index (χ2n) is 3.56. The van der Waals surface area contributed by atoms with Gasteiger partial charge in [0, 0.05) is 25.8 Å². The first-order valence-corrected chi connectivity index (χ1v) is 5.33. The van der Waals surface area contributed by atoms with Crippen molar-refractivity contribution in [2.75, 3.05) is 19.0 Å². The van der Waals surface area contributed by atoms with E-state index in [0.717, 1.165) is 5.69 Å². The molecule has 0 bridgehead atoms. The molecular formula is C11H11ClN4O. The molecule has 0 spiro atoms. The topological polar surface area (TPSA) is 51.1 Å². The summed E-state index contributed by atoms with van der Waals surface area (Å²) >= 11 is 5.62. The smallest absolute Gasteiger partial charge is 0.246 e. The van der Waals surface area contributed by atoms with Crippen LogP contribution >= 0.6 is 11.6 Å². The number of hydrogen-bond acceptors (Lipinski definition) is 5. The van der Waals surface area contributed by atoms with Crippen LogP contribution in [-0.2, 0) is 0 Å². The second-order valence-corrected chi connectivity index (χ2v) is 3.90. The van der Waals surface area contributed by atoms with Crippen LogP contribution in [0.2, 0.25) is 5.28 Å². The lowest BCUT2D eigenvalue weighted by Crippen LogP contribution is -2.08. The number of halogens is 1. The number of anilines is 1. The van der Waals surface area contributed by atoms with E-state index in [2.05, 4.69) is 15.2 Å². The van der Waals surface area contributed by atoms with Crippen molar-refractivity contribution in [1.29, 1.82) is 0 Å². The van der Waals surface area contributed by atoms with Crippen LogP contribution in [0.5, 0.6) is 11.6 Å². The number of benzene rings is 1.